The van der Waals surface area contributed by atoms with Gasteiger partial charge in [0.25, 0.3) is 5.69 Å². The van der Waals surface area contributed by atoms with Crippen molar-refractivity contribution in [3.8, 4) is 17.1 Å². The molecule has 2 aromatic rings. The zero-order valence-corrected chi connectivity index (χ0v) is 12.4. The van der Waals surface area contributed by atoms with Gasteiger partial charge in [0, 0.05) is 18.3 Å². The van der Waals surface area contributed by atoms with Crippen molar-refractivity contribution in [1.29, 1.82) is 0 Å². The molecule has 0 bridgehead atoms. The van der Waals surface area contributed by atoms with Gasteiger partial charge in [-0.25, -0.2) is 4.98 Å². The van der Waals surface area contributed by atoms with Crippen LogP contribution in [0, 0.1) is 6.92 Å². The highest BCUT2D eigenvalue weighted by Crippen LogP contribution is 2.30. The molecule has 0 saturated carbocycles. The number of nitrogens with one attached hydrogen (secondary N) is 1. The van der Waals surface area contributed by atoms with Gasteiger partial charge in [-0.1, -0.05) is 15.9 Å². The fraction of sp³-hybridized carbons (Fsp3) is 0.231. The molecule has 5 nitrogen and oxygen atoms in total. The fourth-order valence-electron chi connectivity index (χ4n) is 2.02. The number of ether oxygens (including phenoxy) is 1. The first-order chi connectivity index (χ1) is 8.95. The van der Waals surface area contributed by atoms with Crippen molar-refractivity contribution in [3.63, 3.8) is 0 Å². The van der Waals surface area contributed by atoms with Crippen LogP contribution in [0.3, 0.4) is 0 Å². The minimum absolute atomic E-state index is 0.212. The molecule has 0 amide bonds. The molecule has 0 aliphatic carbocycles. The van der Waals surface area contributed by atoms with E-state index in [1.807, 2.05) is 6.07 Å². The predicted octanol–water partition coefficient (Wildman–Crippen LogP) is 2.49. The van der Waals surface area contributed by atoms with Crippen molar-refractivity contribution in [3.05, 3.63) is 34.1 Å². The van der Waals surface area contributed by atoms with Crippen LogP contribution in [0.25, 0.3) is 11.4 Å². The highest BCUT2D eigenvalue weighted by atomic mass is 79.9. The van der Waals surface area contributed by atoms with Crippen LogP contribution in [0.1, 0.15) is 23.1 Å². The highest BCUT2D eigenvalue weighted by Gasteiger charge is 2.28. The highest BCUT2D eigenvalue weighted by molar-refractivity contribution is 9.10. The van der Waals surface area contributed by atoms with E-state index >= 15 is 0 Å². The first-order valence-electron chi connectivity index (χ1n) is 5.64. The Bertz CT molecular complexity index is 650. The number of halogens is 1. The number of benzene rings is 1. The molecule has 100 valence electrons. The van der Waals surface area contributed by atoms with E-state index in [2.05, 4.69) is 20.9 Å². The molecule has 1 heterocycles. The van der Waals surface area contributed by atoms with E-state index in [1.54, 1.807) is 26.2 Å². The molecule has 0 fully saturated rings. The van der Waals surface area contributed by atoms with Crippen LogP contribution < -0.4 is 9.47 Å². The molecule has 1 aromatic carbocycles. The number of aromatic nitrogens is 2. The lowest BCUT2D eigenvalue weighted by atomic mass is 10.2. The predicted molar refractivity (Wildman–Crippen MR) is 72.6 cm³/mol. The number of imidazole rings is 1. The molecule has 0 aliphatic heterocycles. The summed E-state index contributed by atoms with van der Waals surface area (Å²) in [4.78, 5) is 14.5. The average molecular weight is 326 g/mol. The molecular weight excluding hydrogens is 312 g/mol. The number of aryl methyl sites for hydroxylation is 1. The van der Waals surface area contributed by atoms with Gasteiger partial charge in [-0.3, -0.25) is 4.79 Å². The Morgan fingerprint density at radius 1 is 1.47 bits per heavy atom. The van der Waals surface area contributed by atoms with Crippen molar-refractivity contribution in [2.45, 2.75) is 13.8 Å². The van der Waals surface area contributed by atoms with Crippen LogP contribution in [0.2, 0.25) is 0 Å². The van der Waals surface area contributed by atoms with Gasteiger partial charge >= 0.3 is 5.82 Å². The molecular formula is C13H14BrN2O3+. The smallest absolute Gasteiger partial charge is 0.330 e. The zero-order valence-electron chi connectivity index (χ0n) is 10.8. The van der Waals surface area contributed by atoms with Gasteiger partial charge < -0.3 is 9.94 Å². The third-order valence-corrected chi connectivity index (χ3v) is 3.33. The molecule has 0 aliphatic rings. The number of carbonyl (C=O) groups is 1. The topological polar surface area (TPSA) is 66.2 Å². The largest absolute Gasteiger partial charge is 0.496 e. The second kappa shape index (κ2) is 5.05. The maximum absolute atomic E-state index is 11.5. The molecule has 2 N–H and O–H groups in total. The summed E-state index contributed by atoms with van der Waals surface area (Å²) < 4.78 is 6.98. The Kier molecular flexibility index (Phi) is 3.61. The number of rotatable bonds is 3. The number of methoxy groups -OCH3 is 1. The quantitative estimate of drug-likeness (QED) is 0.517. The Morgan fingerprint density at radius 2 is 2.16 bits per heavy atom. The van der Waals surface area contributed by atoms with Gasteiger partial charge in [-0.15, -0.1) is 0 Å². The number of hydrogen-bond donors (Lipinski definition) is 2. The number of carbonyl (C=O) groups excluding carboxylic acids is 1. The summed E-state index contributed by atoms with van der Waals surface area (Å²) in [5, 5.41) is 10.1. The summed E-state index contributed by atoms with van der Waals surface area (Å²) in [6, 6.07) is 5.43. The molecule has 2 rings (SSSR count). The second-order valence-electron chi connectivity index (χ2n) is 4.16. The second-order valence-corrected chi connectivity index (χ2v) is 5.08. The molecule has 1 aromatic heterocycles. The summed E-state index contributed by atoms with van der Waals surface area (Å²) in [5.74, 6) is 0.791. The summed E-state index contributed by atoms with van der Waals surface area (Å²) in [6.45, 7) is 3.14. The number of hydrogen-bond acceptors (Lipinski definition) is 3. The Hall–Kier alpha value is -1.82. The van der Waals surface area contributed by atoms with Crippen LogP contribution >= 0.6 is 15.9 Å². The van der Waals surface area contributed by atoms with Crippen LogP contribution in [-0.2, 0) is 0 Å². The number of nitrogens with zero attached hydrogens (tertiary/aromatic N) is 1. The Labute approximate surface area is 118 Å². The van der Waals surface area contributed by atoms with Crippen molar-refractivity contribution in [1.82, 2.24) is 4.98 Å². The molecule has 19 heavy (non-hydrogen) atoms. The van der Waals surface area contributed by atoms with Crippen molar-refractivity contribution in [2.24, 2.45) is 0 Å². The number of ketones is 1. The molecule has 0 saturated heterocycles. The van der Waals surface area contributed by atoms with Crippen molar-refractivity contribution in [2.75, 3.05) is 7.11 Å². The minimum atomic E-state index is -0.212. The van der Waals surface area contributed by atoms with E-state index < -0.39 is 0 Å². The molecule has 0 spiro atoms. The van der Waals surface area contributed by atoms with Crippen LogP contribution in [0.5, 0.6) is 5.75 Å². The first-order valence-corrected chi connectivity index (χ1v) is 6.43. The van der Waals surface area contributed by atoms with Gasteiger partial charge in [0.1, 0.15) is 11.3 Å². The van der Waals surface area contributed by atoms with Crippen LogP contribution in [0.15, 0.2) is 22.7 Å². The minimum Gasteiger partial charge on any atom is -0.496 e. The van der Waals surface area contributed by atoms with Gasteiger partial charge in [-0.2, -0.15) is 0 Å². The fourth-order valence-corrected chi connectivity index (χ4v) is 2.38. The lowest BCUT2D eigenvalue weighted by Gasteiger charge is -2.04. The van der Waals surface area contributed by atoms with Gasteiger partial charge in [-0.05, 0) is 22.9 Å². The SMILES string of the molecule is COc1ccc(Br)cc1-c1[nH]c(C)c(C(C)=O)[n+]1O. The van der Waals surface area contributed by atoms with Gasteiger partial charge in [0.15, 0.2) is 5.69 Å². The standard InChI is InChI=1S/C13H13BrN2O3/c1-7-12(8(2)17)16(18)13(15-7)10-6-9(14)4-5-11(10)19-3/h4-6,18H,1-3H3/p+1. The maximum Gasteiger partial charge on any atom is 0.330 e. The normalized spacial score (nSPS) is 10.5. The Balaban J connectivity index is 2.69. The molecule has 0 radical (unpaired) electrons. The third-order valence-electron chi connectivity index (χ3n) is 2.83. The number of aromatic amines is 1. The van der Waals surface area contributed by atoms with E-state index in [9.17, 15) is 10.0 Å². The van der Waals surface area contributed by atoms with Crippen LogP contribution in [-0.4, -0.2) is 23.1 Å². The molecule has 0 unspecified atom stereocenters. The van der Waals surface area contributed by atoms with Crippen molar-refractivity contribution < 1.29 is 19.5 Å². The van der Waals surface area contributed by atoms with Gasteiger partial charge in [0.05, 0.1) is 7.11 Å². The van der Waals surface area contributed by atoms with Crippen LogP contribution in [0.4, 0.5) is 0 Å². The average Bonchev–Trinajstić information content (AvgIpc) is 2.64. The van der Waals surface area contributed by atoms with E-state index in [1.165, 1.54) is 6.92 Å². The van der Waals surface area contributed by atoms with E-state index in [-0.39, 0.29) is 11.5 Å². The van der Waals surface area contributed by atoms with E-state index in [4.69, 9.17) is 4.74 Å². The molecule has 6 heteroatoms. The van der Waals surface area contributed by atoms with Crippen molar-refractivity contribution >= 4 is 21.7 Å². The van der Waals surface area contributed by atoms with E-state index in [0.717, 1.165) is 9.20 Å². The monoisotopic (exact) mass is 325 g/mol. The van der Waals surface area contributed by atoms with Gasteiger partial charge in [0.2, 0.25) is 5.78 Å². The molecule has 0 atom stereocenters. The summed E-state index contributed by atoms with van der Waals surface area (Å²) >= 11 is 3.37. The lowest BCUT2D eigenvalue weighted by Crippen LogP contribution is -2.37. The maximum atomic E-state index is 11.5. The number of Topliss-reactive ketones (excluding diaryl/α,β-unsaturated/α-hetero) is 1. The summed E-state index contributed by atoms with van der Waals surface area (Å²) in [6.07, 6.45) is 0. The Morgan fingerprint density at radius 3 is 2.68 bits per heavy atom. The first kappa shape index (κ1) is 13.6. The number of H-pyrrole nitrogens is 1. The lowest BCUT2D eigenvalue weighted by molar-refractivity contribution is -0.896. The zero-order chi connectivity index (χ0) is 14.2. The summed E-state index contributed by atoms with van der Waals surface area (Å²) in [7, 11) is 1.55. The summed E-state index contributed by atoms with van der Waals surface area (Å²) in [5.41, 5.74) is 1.50. The third kappa shape index (κ3) is 2.35. The van der Waals surface area contributed by atoms with E-state index in [0.29, 0.717) is 22.8 Å².